The molecule has 1 amide bonds. The molecule has 0 bridgehead atoms. The Labute approximate surface area is 138 Å². The van der Waals surface area contributed by atoms with E-state index in [4.69, 9.17) is 0 Å². The van der Waals surface area contributed by atoms with E-state index in [0.29, 0.717) is 5.65 Å². The van der Waals surface area contributed by atoms with Crippen molar-refractivity contribution >= 4 is 11.6 Å². The maximum absolute atomic E-state index is 12.4. The third-order valence-corrected chi connectivity index (χ3v) is 4.49. The lowest BCUT2D eigenvalue weighted by molar-refractivity contribution is -0.122. The second-order valence-electron chi connectivity index (χ2n) is 6.08. The zero-order valence-electron chi connectivity index (χ0n) is 13.2. The van der Waals surface area contributed by atoms with Crippen LogP contribution in [0.4, 0.5) is 0 Å². The number of carbonyl (C=O) groups excluding carboxylic acids is 1. The van der Waals surface area contributed by atoms with Crippen molar-refractivity contribution in [1.82, 2.24) is 19.5 Å². The molecular formula is C18H18N4O2. The van der Waals surface area contributed by atoms with Gasteiger partial charge in [-0.15, -0.1) is 5.10 Å². The molecule has 6 heteroatoms. The number of nitrogens with zero attached hydrogens (tertiary/aromatic N) is 3. The van der Waals surface area contributed by atoms with Crippen molar-refractivity contribution in [3.63, 3.8) is 0 Å². The molecule has 1 unspecified atom stereocenters. The van der Waals surface area contributed by atoms with Crippen molar-refractivity contribution in [1.29, 1.82) is 0 Å². The number of aromatic nitrogens is 3. The number of amides is 1. The average Bonchev–Trinajstić information content (AvgIpc) is 2.91. The van der Waals surface area contributed by atoms with Crippen molar-refractivity contribution in [2.24, 2.45) is 0 Å². The summed E-state index contributed by atoms with van der Waals surface area (Å²) in [4.78, 5) is 24.6. The van der Waals surface area contributed by atoms with Crippen LogP contribution in [0.15, 0.2) is 53.5 Å². The lowest BCUT2D eigenvalue weighted by atomic mass is 9.88. The monoisotopic (exact) mass is 322 g/mol. The molecule has 6 nitrogen and oxygen atoms in total. The van der Waals surface area contributed by atoms with E-state index in [9.17, 15) is 9.59 Å². The molecule has 0 spiro atoms. The van der Waals surface area contributed by atoms with Gasteiger partial charge in [0.15, 0.2) is 5.65 Å². The maximum Gasteiger partial charge on any atom is 0.350 e. The van der Waals surface area contributed by atoms with Crippen molar-refractivity contribution in [2.45, 2.75) is 31.8 Å². The number of hydrogen-bond donors (Lipinski definition) is 1. The molecule has 1 aliphatic carbocycles. The molecule has 24 heavy (non-hydrogen) atoms. The second kappa shape index (κ2) is 5.96. The Morgan fingerprint density at radius 3 is 2.92 bits per heavy atom. The van der Waals surface area contributed by atoms with E-state index >= 15 is 0 Å². The highest BCUT2D eigenvalue weighted by atomic mass is 16.2. The fourth-order valence-electron chi connectivity index (χ4n) is 3.35. The molecule has 0 saturated heterocycles. The Hall–Kier alpha value is -2.89. The van der Waals surface area contributed by atoms with Gasteiger partial charge in [-0.1, -0.05) is 30.3 Å². The molecule has 0 saturated carbocycles. The Bertz CT molecular complexity index is 957. The van der Waals surface area contributed by atoms with Crippen LogP contribution in [0.3, 0.4) is 0 Å². The molecule has 0 fully saturated rings. The summed E-state index contributed by atoms with van der Waals surface area (Å²) < 4.78 is 2.64. The first-order valence-electron chi connectivity index (χ1n) is 8.14. The lowest BCUT2D eigenvalue weighted by Crippen LogP contribution is -2.36. The van der Waals surface area contributed by atoms with Crippen LogP contribution in [0.25, 0.3) is 5.65 Å². The molecule has 0 aliphatic heterocycles. The van der Waals surface area contributed by atoms with E-state index in [0.717, 1.165) is 19.3 Å². The van der Waals surface area contributed by atoms with Gasteiger partial charge in [0, 0.05) is 6.20 Å². The summed E-state index contributed by atoms with van der Waals surface area (Å²) in [5, 5.41) is 7.24. The number of rotatable bonds is 3. The van der Waals surface area contributed by atoms with E-state index in [1.54, 1.807) is 18.3 Å². The molecule has 1 aromatic carbocycles. The van der Waals surface area contributed by atoms with Crippen molar-refractivity contribution in [3.8, 4) is 0 Å². The fraction of sp³-hybridized carbons (Fsp3) is 0.278. The van der Waals surface area contributed by atoms with Gasteiger partial charge in [0.05, 0.1) is 6.04 Å². The first-order valence-corrected chi connectivity index (χ1v) is 8.14. The molecule has 122 valence electrons. The predicted octanol–water partition coefficient (Wildman–Crippen LogP) is 1.69. The number of aryl methyl sites for hydroxylation is 1. The molecular weight excluding hydrogens is 304 g/mol. The number of benzene rings is 1. The normalized spacial score (nSPS) is 16.8. The highest BCUT2D eigenvalue weighted by Gasteiger charge is 2.22. The predicted molar refractivity (Wildman–Crippen MR) is 89.7 cm³/mol. The molecule has 1 aliphatic rings. The van der Waals surface area contributed by atoms with Crippen LogP contribution in [-0.2, 0) is 17.8 Å². The minimum absolute atomic E-state index is 0.00943. The minimum atomic E-state index is -0.301. The SMILES string of the molecule is O=C(Cn1nc2ccccn2c1=O)NC1CCCc2ccccc21. The molecule has 1 atom stereocenters. The zero-order chi connectivity index (χ0) is 16.5. The number of nitrogens with one attached hydrogen (secondary N) is 1. The second-order valence-corrected chi connectivity index (χ2v) is 6.08. The van der Waals surface area contributed by atoms with E-state index in [1.807, 2.05) is 18.2 Å². The Balaban J connectivity index is 1.53. The number of pyridine rings is 1. The smallest absolute Gasteiger partial charge is 0.348 e. The maximum atomic E-state index is 12.4. The van der Waals surface area contributed by atoms with Crippen LogP contribution < -0.4 is 11.0 Å². The largest absolute Gasteiger partial charge is 0.350 e. The van der Waals surface area contributed by atoms with Gasteiger partial charge in [-0.3, -0.25) is 9.20 Å². The summed E-state index contributed by atoms with van der Waals surface area (Å²) in [7, 11) is 0. The van der Waals surface area contributed by atoms with E-state index in [2.05, 4.69) is 22.5 Å². The van der Waals surface area contributed by atoms with Gasteiger partial charge in [0.25, 0.3) is 0 Å². The Morgan fingerprint density at radius 1 is 1.21 bits per heavy atom. The first-order chi connectivity index (χ1) is 11.7. The molecule has 2 aromatic heterocycles. The molecule has 2 heterocycles. The summed E-state index contributed by atoms with van der Waals surface area (Å²) in [5.74, 6) is -0.192. The van der Waals surface area contributed by atoms with Crippen molar-refractivity contribution in [2.75, 3.05) is 0 Å². The Kier molecular flexibility index (Phi) is 3.65. The molecule has 3 aromatic rings. The summed E-state index contributed by atoms with van der Waals surface area (Å²) in [6.07, 6.45) is 4.67. The van der Waals surface area contributed by atoms with Gasteiger partial charge in [0.2, 0.25) is 5.91 Å². The van der Waals surface area contributed by atoms with Crippen LogP contribution in [0, 0.1) is 0 Å². The van der Waals surface area contributed by atoms with Gasteiger partial charge in [-0.2, -0.15) is 0 Å². The number of hydrogen-bond acceptors (Lipinski definition) is 3. The lowest BCUT2D eigenvalue weighted by Gasteiger charge is -2.26. The quantitative estimate of drug-likeness (QED) is 0.798. The molecule has 1 N–H and O–H groups in total. The first kappa shape index (κ1) is 14.7. The summed E-state index contributed by atoms with van der Waals surface area (Å²) in [6.45, 7) is -0.0703. The summed E-state index contributed by atoms with van der Waals surface area (Å²) in [6, 6.07) is 13.5. The van der Waals surface area contributed by atoms with Crippen molar-refractivity contribution < 1.29 is 4.79 Å². The van der Waals surface area contributed by atoms with Gasteiger partial charge < -0.3 is 5.32 Å². The average molecular weight is 322 g/mol. The fourth-order valence-corrected chi connectivity index (χ4v) is 3.35. The van der Waals surface area contributed by atoms with Crippen LogP contribution >= 0.6 is 0 Å². The Morgan fingerprint density at radius 2 is 2.04 bits per heavy atom. The van der Waals surface area contributed by atoms with Crippen LogP contribution in [0.5, 0.6) is 0 Å². The number of fused-ring (bicyclic) bond motifs is 2. The van der Waals surface area contributed by atoms with Gasteiger partial charge in [-0.25, -0.2) is 9.48 Å². The minimum Gasteiger partial charge on any atom is -0.348 e. The topological polar surface area (TPSA) is 68.4 Å². The van der Waals surface area contributed by atoms with Gasteiger partial charge in [0.1, 0.15) is 6.54 Å². The highest BCUT2D eigenvalue weighted by molar-refractivity contribution is 5.76. The van der Waals surface area contributed by atoms with E-state index < -0.39 is 0 Å². The number of carbonyl (C=O) groups is 1. The standard InChI is InChI=1S/C18H18N4O2/c23-17(12-22-18(24)21-11-4-3-10-16(21)20-22)19-15-9-5-7-13-6-1-2-8-14(13)15/h1-4,6,8,10-11,15H,5,7,9,12H2,(H,19,23). The van der Waals surface area contributed by atoms with E-state index in [1.165, 1.54) is 20.2 Å². The van der Waals surface area contributed by atoms with E-state index in [-0.39, 0.29) is 24.2 Å². The van der Waals surface area contributed by atoms with Gasteiger partial charge in [-0.05, 0) is 42.5 Å². The molecule has 0 radical (unpaired) electrons. The van der Waals surface area contributed by atoms with Crippen LogP contribution in [0.1, 0.15) is 30.0 Å². The third-order valence-electron chi connectivity index (χ3n) is 4.49. The summed E-state index contributed by atoms with van der Waals surface area (Å²) >= 11 is 0. The van der Waals surface area contributed by atoms with Gasteiger partial charge >= 0.3 is 5.69 Å². The third kappa shape index (κ3) is 2.60. The summed E-state index contributed by atoms with van der Waals surface area (Å²) in [5.41, 5.74) is 2.71. The zero-order valence-corrected chi connectivity index (χ0v) is 13.2. The van der Waals surface area contributed by atoms with Crippen molar-refractivity contribution in [3.05, 3.63) is 70.3 Å². The highest BCUT2D eigenvalue weighted by Crippen LogP contribution is 2.29. The molecule has 4 rings (SSSR count). The van der Waals surface area contributed by atoms with Crippen LogP contribution in [-0.4, -0.2) is 20.1 Å². The van der Waals surface area contributed by atoms with Crippen LogP contribution in [0.2, 0.25) is 0 Å².